The second-order valence-corrected chi connectivity index (χ2v) is 4.75. The summed E-state index contributed by atoms with van der Waals surface area (Å²) in [5.41, 5.74) is 0.164. The second kappa shape index (κ2) is 6.99. The van der Waals surface area contributed by atoms with E-state index < -0.39 is 11.0 Å². The minimum absolute atomic E-state index is 0.135. The third-order valence-electron chi connectivity index (χ3n) is 2.65. The molecule has 0 aromatic carbocycles. The molecule has 8 nitrogen and oxygen atoms in total. The third-order valence-corrected chi connectivity index (χ3v) is 2.65. The van der Waals surface area contributed by atoms with Gasteiger partial charge in [-0.15, -0.1) is 0 Å². The third kappa shape index (κ3) is 4.30. The van der Waals surface area contributed by atoms with Gasteiger partial charge in [-0.25, -0.2) is 4.98 Å². The maximum absolute atomic E-state index is 11.1. The van der Waals surface area contributed by atoms with Crippen LogP contribution in [0, 0.1) is 17.0 Å². The highest BCUT2D eigenvalue weighted by Crippen LogP contribution is 2.27. The Labute approximate surface area is 117 Å². The van der Waals surface area contributed by atoms with Crippen LogP contribution in [0.15, 0.2) is 0 Å². The molecule has 0 spiro atoms. The first kappa shape index (κ1) is 16.1. The summed E-state index contributed by atoms with van der Waals surface area (Å²) in [6, 6.07) is -0.141. The number of anilines is 2. The molecule has 0 radical (unpaired) electrons. The van der Waals surface area contributed by atoms with Gasteiger partial charge in [0.1, 0.15) is 5.69 Å². The van der Waals surface area contributed by atoms with E-state index in [-0.39, 0.29) is 17.5 Å². The Morgan fingerprint density at radius 3 is 2.55 bits per heavy atom. The van der Waals surface area contributed by atoms with Crippen LogP contribution in [-0.4, -0.2) is 38.7 Å². The quantitative estimate of drug-likeness (QED) is 0.515. The van der Waals surface area contributed by atoms with E-state index in [4.69, 9.17) is 0 Å². The van der Waals surface area contributed by atoms with Crippen LogP contribution in [0.2, 0.25) is 0 Å². The van der Waals surface area contributed by atoms with Crippen LogP contribution in [-0.2, 0) is 0 Å². The smallest absolute Gasteiger partial charge is 0.332 e. The van der Waals surface area contributed by atoms with Crippen LogP contribution in [0.25, 0.3) is 0 Å². The lowest BCUT2D eigenvalue weighted by molar-refractivity contribution is -0.385. The van der Waals surface area contributed by atoms with Crippen molar-refractivity contribution in [2.24, 2.45) is 0 Å². The molecule has 1 aromatic heterocycles. The maximum atomic E-state index is 11.1. The van der Waals surface area contributed by atoms with E-state index in [9.17, 15) is 15.2 Å². The number of hydrogen-bond acceptors (Lipinski definition) is 7. The van der Waals surface area contributed by atoms with Crippen LogP contribution < -0.4 is 10.6 Å². The number of hydrogen-bond donors (Lipinski definition) is 3. The number of rotatable bonds is 7. The molecule has 1 aromatic rings. The molecule has 2 unspecified atom stereocenters. The van der Waals surface area contributed by atoms with Gasteiger partial charge in [0.15, 0.2) is 0 Å². The SMILES string of the molecule is CCNc1nc(C)c([N+](=O)[O-])c(NC(C)CC(C)O)n1. The first-order chi connectivity index (χ1) is 9.35. The van der Waals surface area contributed by atoms with E-state index in [2.05, 4.69) is 20.6 Å². The fourth-order valence-electron chi connectivity index (χ4n) is 1.93. The lowest BCUT2D eigenvalue weighted by Gasteiger charge is -2.17. The summed E-state index contributed by atoms with van der Waals surface area (Å²) in [5.74, 6) is 0.522. The Morgan fingerprint density at radius 2 is 2.05 bits per heavy atom. The van der Waals surface area contributed by atoms with E-state index in [1.54, 1.807) is 13.8 Å². The highest BCUT2D eigenvalue weighted by atomic mass is 16.6. The molecule has 0 bridgehead atoms. The first-order valence-corrected chi connectivity index (χ1v) is 6.56. The van der Waals surface area contributed by atoms with E-state index in [0.29, 0.717) is 24.6 Å². The molecule has 0 saturated carbocycles. The van der Waals surface area contributed by atoms with Crippen molar-refractivity contribution in [3.8, 4) is 0 Å². The molecule has 0 amide bonds. The predicted octanol–water partition coefficient (Wildman–Crippen LogP) is 1.70. The van der Waals surface area contributed by atoms with E-state index >= 15 is 0 Å². The summed E-state index contributed by atoms with van der Waals surface area (Å²) in [5, 5.41) is 26.4. The Bertz CT molecular complexity index is 478. The monoisotopic (exact) mass is 283 g/mol. The van der Waals surface area contributed by atoms with E-state index in [1.807, 2.05) is 13.8 Å². The molecule has 0 fully saturated rings. The average Bonchev–Trinajstić information content (AvgIpc) is 2.26. The number of nitrogens with zero attached hydrogens (tertiary/aromatic N) is 3. The van der Waals surface area contributed by atoms with Crippen LogP contribution in [0.1, 0.15) is 32.9 Å². The van der Waals surface area contributed by atoms with Gasteiger partial charge in [-0.1, -0.05) is 0 Å². The van der Waals surface area contributed by atoms with Crippen molar-refractivity contribution >= 4 is 17.5 Å². The Kier molecular flexibility index (Phi) is 5.63. The van der Waals surface area contributed by atoms with E-state index in [1.165, 1.54) is 0 Å². The van der Waals surface area contributed by atoms with Crippen molar-refractivity contribution in [1.82, 2.24) is 9.97 Å². The maximum Gasteiger partial charge on any atom is 0.332 e. The molecular weight excluding hydrogens is 262 g/mol. The van der Waals surface area contributed by atoms with Crippen LogP contribution in [0.5, 0.6) is 0 Å². The number of aliphatic hydroxyl groups is 1. The lowest BCUT2D eigenvalue weighted by Crippen LogP contribution is -2.22. The first-order valence-electron chi connectivity index (χ1n) is 6.56. The van der Waals surface area contributed by atoms with Gasteiger partial charge in [0.05, 0.1) is 11.0 Å². The zero-order valence-corrected chi connectivity index (χ0v) is 12.2. The van der Waals surface area contributed by atoms with Gasteiger partial charge in [0.25, 0.3) is 0 Å². The summed E-state index contributed by atoms with van der Waals surface area (Å²) < 4.78 is 0. The van der Waals surface area contributed by atoms with Gasteiger partial charge in [-0.05, 0) is 34.1 Å². The van der Waals surface area contributed by atoms with Gasteiger partial charge < -0.3 is 15.7 Å². The Balaban J connectivity index is 3.09. The molecule has 8 heteroatoms. The molecule has 0 aliphatic carbocycles. The molecule has 1 rings (SSSR count). The average molecular weight is 283 g/mol. The summed E-state index contributed by atoms with van der Waals surface area (Å²) in [6.45, 7) is 7.59. The number of aromatic nitrogens is 2. The normalized spacial score (nSPS) is 13.7. The number of aryl methyl sites for hydroxylation is 1. The molecule has 0 aliphatic heterocycles. The Morgan fingerprint density at radius 1 is 1.40 bits per heavy atom. The minimum Gasteiger partial charge on any atom is -0.393 e. The highest BCUT2D eigenvalue weighted by molar-refractivity contribution is 5.61. The number of nitro groups is 1. The van der Waals surface area contributed by atoms with Crippen LogP contribution >= 0.6 is 0 Å². The summed E-state index contributed by atoms with van der Waals surface area (Å²) in [4.78, 5) is 18.8. The van der Waals surface area contributed by atoms with Crippen molar-refractivity contribution in [2.75, 3.05) is 17.2 Å². The molecule has 0 saturated heterocycles. The zero-order chi connectivity index (χ0) is 15.3. The Hall–Kier alpha value is -1.96. The molecular formula is C12H21N5O3. The predicted molar refractivity (Wildman–Crippen MR) is 77.0 cm³/mol. The molecule has 3 N–H and O–H groups in total. The van der Waals surface area contributed by atoms with Crippen LogP contribution in [0.4, 0.5) is 17.5 Å². The second-order valence-electron chi connectivity index (χ2n) is 4.75. The molecule has 0 aliphatic rings. The zero-order valence-electron chi connectivity index (χ0n) is 12.2. The van der Waals surface area contributed by atoms with Crippen LogP contribution in [0.3, 0.4) is 0 Å². The van der Waals surface area contributed by atoms with Gasteiger partial charge in [-0.3, -0.25) is 10.1 Å². The van der Waals surface area contributed by atoms with Crippen molar-refractivity contribution < 1.29 is 10.0 Å². The minimum atomic E-state index is -0.498. The molecule has 20 heavy (non-hydrogen) atoms. The highest BCUT2D eigenvalue weighted by Gasteiger charge is 2.23. The fraction of sp³-hybridized carbons (Fsp3) is 0.667. The van der Waals surface area contributed by atoms with Gasteiger partial charge in [0, 0.05) is 12.6 Å². The molecule has 112 valence electrons. The summed E-state index contributed by atoms with van der Waals surface area (Å²) >= 11 is 0. The molecule has 1 heterocycles. The van der Waals surface area contributed by atoms with E-state index in [0.717, 1.165) is 0 Å². The molecule has 2 atom stereocenters. The fourth-order valence-corrected chi connectivity index (χ4v) is 1.93. The van der Waals surface area contributed by atoms with Crippen molar-refractivity contribution in [1.29, 1.82) is 0 Å². The van der Waals surface area contributed by atoms with Gasteiger partial charge >= 0.3 is 5.69 Å². The number of nitrogens with one attached hydrogen (secondary N) is 2. The van der Waals surface area contributed by atoms with Crippen molar-refractivity contribution in [3.63, 3.8) is 0 Å². The summed E-state index contributed by atoms with van der Waals surface area (Å²) in [7, 11) is 0. The van der Waals surface area contributed by atoms with Crippen molar-refractivity contribution in [3.05, 3.63) is 15.8 Å². The number of aliphatic hydroxyl groups excluding tert-OH is 1. The van der Waals surface area contributed by atoms with Gasteiger partial charge in [-0.2, -0.15) is 4.98 Å². The lowest BCUT2D eigenvalue weighted by atomic mass is 10.1. The van der Waals surface area contributed by atoms with Gasteiger partial charge in [0.2, 0.25) is 11.8 Å². The summed E-state index contributed by atoms with van der Waals surface area (Å²) in [6.07, 6.45) is -0.0239. The topological polar surface area (TPSA) is 113 Å². The van der Waals surface area contributed by atoms with Crippen molar-refractivity contribution in [2.45, 2.75) is 46.3 Å². The largest absolute Gasteiger partial charge is 0.393 e. The standard InChI is InChI=1S/C12H21N5O3/c1-5-13-12-15-9(4)10(17(19)20)11(16-12)14-7(2)6-8(3)18/h7-8,18H,5-6H2,1-4H3,(H2,13,14,15,16).